The van der Waals surface area contributed by atoms with Gasteiger partial charge in [-0.2, -0.15) is 4.73 Å². The van der Waals surface area contributed by atoms with Crippen LogP contribution >= 0.6 is 0 Å². The molecule has 1 aromatic heterocycles. The van der Waals surface area contributed by atoms with Crippen molar-refractivity contribution in [3.8, 4) is 0 Å². The Balaban J connectivity index is 2.92. The summed E-state index contributed by atoms with van der Waals surface area (Å²) in [4.78, 5) is 14.2. The second kappa shape index (κ2) is 4.99. The van der Waals surface area contributed by atoms with E-state index in [1.165, 1.54) is 18.3 Å². The maximum Gasteiger partial charge on any atom is 0.274 e. The van der Waals surface area contributed by atoms with Gasteiger partial charge in [0.2, 0.25) is 0 Å². The molecule has 0 aromatic carbocycles. The number of hydrogen-bond acceptors (Lipinski definition) is 4. The van der Waals surface area contributed by atoms with E-state index in [0.29, 0.717) is 6.54 Å². The topological polar surface area (TPSA) is 80.7 Å². The predicted octanol–water partition coefficient (Wildman–Crippen LogP) is 1.97. The monoisotopic (exact) mass is 239 g/mol. The minimum atomic E-state index is -0.511. The van der Waals surface area contributed by atoms with Gasteiger partial charge in [-0.15, -0.1) is 0 Å². The zero-order valence-electron chi connectivity index (χ0n) is 10.3. The zero-order chi connectivity index (χ0) is 13.1. The largest absolute Gasteiger partial charge is 0.427 e. The van der Waals surface area contributed by atoms with E-state index < -0.39 is 4.92 Å². The van der Waals surface area contributed by atoms with Gasteiger partial charge in [-0.1, -0.05) is 20.8 Å². The summed E-state index contributed by atoms with van der Waals surface area (Å²) in [5.41, 5.74) is 0.262. The van der Waals surface area contributed by atoms with Gasteiger partial charge in [0.25, 0.3) is 5.69 Å². The normalized spacial score (nSPS) is 12.8. The molecule has 0 amide bonds. The molecule has 0 aliphatic carbocycles. The van der Waals surface area contributed by atoms with E-state index >= 15 is 0 Å². The molecule has 0 aliphatic rings. The van der Waals surface area contributed by atoms with Crippen LogP contribution in [-0.4, -0.2) is 21.4 Å². The van der Waals surface area contributed by atoms with Gasteiger partial charge < -0.3 is 5.21 Å². The number of aromatic nitrogens is 1. The molecule has 1 aromatic rings. The molecule has 0 saturated carbocycles. The molecule has 0 aliphatic heterocycles. The lowest BCUT2D eigenvalue weighted by Crippen LogP contribution is -2.19. The lowest BCUT2D eigenvalue weighted by Gasteiger charge is -2.15. The summed E-state index contributed by atoms with van der Waals surface area (Å²) in [6.07, 6.45) is 2.06. The van der Waals surface area contributed by atoms with Crippen LogP contribution in [0.25, 0.3) is 0 Å². The van der Waals surface area contributed by atoms with Crippen LogP contribution in [0.5, 0.6) is 0 Å². The second-order valence-electron chi connectivity index (χ2n) is 5.04. The summed E-state index contributed by atoms with van der Waals surface area (Å²) < 4.78 is 0.787. The first-order valence-electron chi connectivity index (χ1n) is 5.36. The predicted molar refractivity (Wildman–Crippen MR) is 62.8 cm³/mol. The van der Waals surface area contributed by atoms with Crippen molar-refractivity contribution in [3.05, 3.63) is 33.9 Å². The molecular weight excluding hydrogens is 222 g/mol. The highest BCUT2D eigenvalue weighted by Gasteiger charge is 2.09. The Hall–Kier alpha value is -1.85. The summed E-state index contributed by atoms with van der Waals surface area (Å²) in [6.45, 7) is 6.78. The third kappa shape index (κ3) is 4.26. The first-order chi connectivity index (χ1) is 7.79. The standard InChI is InChI=1S/C11H17N3O3/c1-11(2,3)5-6-12-10-8-9(14(16)17)4-7-13(10)15/h4,7-8,15H,5-6H2,1-3H3. The van der Waals surface area contributed by atoms with Gasteiger partial charge >= 0.3 is 0 Å². The quantitative estimate of drug-likeness (QED) is 0.497. The summed E-state index contributed by atoms with van der Waals surface area (Å²) in [7, 11) is 0. The second-order valence-corrected chi connectivity index (χ2v) is 5.04. The minimum Gasteiger partial charge on any atom is -0.427 e. The fourth-order valence-corrected chi connectivity index (χ4v) is 1.21. The molecular formula is C11H17N3O3. The van der Waals surface area contributed by atoms with Crippen LogP contribution in [-0.2, 0) is 0 Å². The smallest absolute Gasteiger partial charge is 0.274 e. The van der Waals surface area contributed by atoms with Crippen LogP contribution in [0.3, 0.4) is 0 Å². The molecule has 0 spiro atoms. The van der Waals surface area contributed by atoms with Crippen molar-refractivity contribution in [2.45, 2.75) is 27.2 Å². The van der Waals surface area contributed by atoms with Gasteiger partial charge in [-0.05, 0) is 11.8 Å². The van der Waals surface area contributed by atoms with Gasteiger partial charge in [0.1, 0.15) is 0 Å². The van der Waals surface area contributed by atoms with Crippen molar-refractivity contribution < 1.29 is 10.1 Å². The number of hydrogen-bond donors (Lipinski definition) is 1. The van der Waals surface area contributed by atoms with E-state index in [0.717, 1.165) is 11.2 Å². The number of nitro groups is 1. The average Bonchev–Trinajstić information content (AvgIpc) is 2.18. The maximum absolute atomic E-state index is 10.6. The maximum atomic E-state index is 10.6. The van der Waals surface area contributed by atoms with E-state index in [2.05, 4.69) is 25.8 Å². The zero-order valence-corrected chi connectivity index (χ0v) is 10.3. The van der Waals surface area contributed by atoms with Crippen LogP contribution in [0.4, 0.5) is 5.69 Å². The molecule has 0 atom stereocenters. The molecule has 0 radical (unpaired) electrons. The number of pyridine rings is 1. The van der Waals surface area contributed by atoms with Crippen molar-refractivity contribution in [2.24, 2.45) is 10.4 Å². The molecule has 94 valence electrons. The molecule has 6 nitrogen and oxygen atoms in total. The Labute approximate surface area is 99.3 Å². The van der Waals surface area contributed by atoms with E-state index in [9.17, 15) is 15.3 Å². The third-order valence-corrected chi connectivity index (χ3v) is 2.24. The van der Waals surface area contributed by atoms with E-state index in [4.69, 9.17) is 0 Å². The molecule has 6 heteroatoms. The molecule has 17 heavy (non-hydrogen) atoms. The van der Waals surface area contributed by atoms with Crippen LogP contribution in [0.15, 0.2) is 23.3 Å². The highest BCUT2D eigenvalue weighted by Crippen LogP contribution is 2.17. The third-order valence-electron chi connectivity index (χ3n) is 2.24. The lowest BCUT2D eigenvalue weighted by atomic mass is 9.92. The molecule has 1 heterocycles. The Kier molecular flexibility index (Phi) is 3.88. The van der Waals surface area contributed by atoms with Crippen LogP contribution < -0.4 is 5.49 Å². The number of rotatable bonds is 3. The van der Waals surface area contributed by atoms with Crippen LogP contribution in [0.2, 0.25) is 0 Å². The fraction of sp³-hybridized carbons (Fsp3) is 0.545. The Morgan fingerprint density at radius 1 is 1.53 bits per heavy atom. The molecule has 0 saturated heterocycles. The average molecular weight is 239 g/mol. The Morgan fingerprint density at radius 3 is 2.71 bits per heavy atom. The summed E-state index contributed by atoms with van der Waals surface area (Å²) in [6, 6.07) is 2.48. The van der Waals surface area contributed by atoms with Gasteiger partial charge in [-0.3, -0.25) is 15.1 Å². The van der Waals surface area contributed by atoms with Gasteiger partial charge in [0.15, 0.2) is 5.49 Å². The highest BCUT2D eigenvalue weighted by molar-refractivity contribution is 5.25. The molecule has 0 unspecified atom stereocenters. The van der Waals surface area contributed by atoms with E-state index in [-0.39, 0.29) is 16.6 Å². The van der Waals surface area contributed by atoms with E-state index in [1.54, 1.807) is 0 Å². The SMILES string of the molecule is CC(C)(C)CCN=c1cc([N+](=O)[O-])ccn1O. The van der Waals surface area contributed by atoms with Crippen molar-refractivity contribution in [3.63, 3.8) is 0 Å². The van der Waals surface area contributed by atoms with Crippen molar-refractivity contribution in [1.82, 2.24) is 4.73 Å². The van der Waals surface area contributed by atoms with Crippen molar-refractivity contribution in [1.29, 1.82) is 0 Å². The van der Waals surface area contributed by atoms with Crippen LogP contribution in [0.1, 0.15) is 27.2 Å². The fourth-order valence-electron chi connectivity index (χ4n) is 1.21. The summed E-state index contributed by atoms with van der Waals surface area (Å²) >= 11 is 0. The van der Waals surface area contributed by atoms with Crippen LogP contribution in [0, 0.1) is 15.5 Å². The molecule has 1 rings (SSSR count). The Bertz CT molecular complexity index is 472. The molecule has 0 bridgehead atoms. The lowest BCUT2D eigenvalue weighted by molar-refractivity contribution is -0.385. The first-order valence-corrected chi connectivity index (χ1v) is 5.36. The van der Waals surface area contributed by atoms with Gasteiger partial charge in [-0.25, -0.2) is 0 Å². The minimum absolute atomic E-state index is 0.0789. The van der Waals surface area contributed by atoms with Crippen molar-refractivity contribution in [2.75, 3.05) is 6.54 Å². The first kappa shape index (κ1) is 13.2. The Morgan fingerprint density at radius 2 is 2.18 bits per heavy atom. The molecule has 1 N–H and O–H groups in total. The number of nitrogens with zero attached hydrogens (tertiary/aromatic N) is 3. The summed E-state index contributed by atoms with van der Waals surface area (Å²) in [5, 5.41) is 20.0. The summed E-state index contributed by atoms with van der Waals surface area (Å²) in [5.74, 6) is 0. The molecule has 0 fully saturated rings. The highest BCUT2D eigenvalue weighted by atomic mass is 16.6. The van der Waals surface area contributed by atoms with Gasteiger partial charge in [0, 0.05) is 12.6 Å². The van der Waals surface area contributed by atoms with Crippen molar-refractivity contribution >= 4 is 5.69 Å². The van der Waals surface area contributed by atoms with Gasteiger partial charge in [0.05, 0.1) is 17.2 Å². The van der Waals surface area contributed by atoms with E-state index in [1.807, 2.05) is 0 Å².